The lowest BCUT2D eigenvalue weighted by Crippen LogP contribution is -2.54. The van der Waals surface area contributed by atoms with Crippen LogP contribution in [0.2, 0.25) is 0 Å². The van der Waals surface area contributed by atoms with E-state index in [1.54, 1.807) is 0 Å². The highest BCUT2D eigenvalue weighted by atomic mass is 127. The molecule has 0 saturated carbocycles. The van der Waals surface area contributed by atoms with Gasteiger partial charge in [0, 0.05) is 16.8 Å². The maximum Gasteiger partial charge on any atom is 0.252 e. The molecule has 1 aromatic carbocycles. The first-order valence-corrected chi connectivity index (χ1v) is 7.10. The molecule has 1 aliphatic rings. The quantitative estimate of drug-likeness (QED) is 0.787. The van der Waals surface area contributed by atoms with Crippen molar-refractivity contribution >= 4 is 28.5 Å². The molecule has 1 heterocycles. The smallest absolute Gasteiger partial charge is 0.252 e. The maximum absolute atomic E-state index is 13.0. The highest BCUT2D eigenvalue weighted by Crippen LogP contribution is 2.22. The van der Waals surface area contributed by atoms with Crippen LogP contribution in [0.5, 0.6) is 0 Å². The van der Waals surface area contributed by atoms with Crippen LogP contribution in [-0.4, -0.2) is 36.4 Å². The number of nitrogens with one attached hydrogen (secondary N) is 1. The molecular formula is C13H15FINO3. The molecule has 6 heteroatoms. The molecule has 0 aliphatic carbocycles. The molecule has 1 saturated heterocycles. The minimum atomic E-state index is -0.632. The van der Waals surface area contributed by atoms with E-state index >= 15 is 0 Å². The molecule has 0 radical (unpaired) electrons. The number of amides is 1. The van der Waals surface area contributed by atoms with Gasteiger partial charge in [-0.2, -0.15) is 0 Å². The Morgan fingerprint density at radius 3 is 2.74 bits per heavy atom. The molecule has 0 atom stereocenters. The average molecular weight is 379 g/mol. The fraction of sp³-hybridized carbons (Fsp3) is 0.462. The number of carbonyl (C=O) groups excluding carboxylic acids is 1. The van der Waals surface area contributed by atoms with Crippen molar-refractivity contribution in [1.29, 1.82) is 0 Å². The van der Waals surface area contributed by atoms with Gasteiger partial charge in [0.15, 0.2) is 0 Å². The Morgan fingerprint density at radius 2 is 2.16 bits per heavy atom. The number of ether oxygens (including phenoxy) is 1. The van der Waals surface area contributed by atoms with Crippen molar-refractivity contribution in [2.45, 2.75) is 18.4 Å². The zero-order chi connectivity index (χ0) is 13.9. The van der Waals surface area contributed by atoms with Crippen LogP contribution >= 0.6 is 22.6 Å². The number of halogens is 2. The Labute approximate surface area is 124 Å². The van der Waals surface area contributed by atoms with Gasteiger partial charge in [-0.25, -0.2) is 4.39 Å². The first-order chi connectivity index (χ1) is 9.06. The third-order valence-corrected chi connectivity index (χ3v) is 4.20. The van der Waals surface area contributed by atoms with Gasteiger partial charge >= 0.3 is 0 Å². The third kappa shape index (κ3) is 3.43. The van der Waals surface area contributed by atoms with Crippen LogP contribution in [0.1, 0.15) is 23.2 Å². The molecule has 4 nitrogen and oxygen atoms in total. The van der Waals surface area contributed by atoms with Gasteiger partial charge in [0.2, 0.25) is 0 Å². The molecule has 0 bridgehead atoms. The Hall–Kier alpha value is -0.730. The van der Waals surface area contributed by atoms with Gasteiger partial charge < -0.3 is 15.2 Å². The summed E-state index contributed by atoms with van der Waals surface area (Å²) in [5.41, 5.74) is -0.214. The molecule has 1 amide bonds. The number of carbonyl (C=O) groups is 1. The van der Waals surface area contributed by atoms with Crippen molar-refractivity contribution in [3.05, 3.63) is 33.1 Å². The summed E-state index contributed by atoms with van der Waals surface area (Å²) in [6.45, 7) is 0.905. The second-order valence-corrected chi connectivity index (χ2v) is 5.79. The van der Waals surface area contributed by atoms with E-state index < -0.39 is 5.54 Å². The number of aliphatic hydroxyl groups excluding tert-OH is 1. The van der Waals surface area contributed by atoms with Crippen LogP contribution in [0, 0.1) is 9.39 Å². The van der Waals surface area contributed by atoms with Crippen LogP contribution in [0.25, 0.3) is 0 Å². The molecule has 0 aromatic heterocycles. The zero-order valence-corrected chi connectivity index (χ0v) is 12.4. The van der Waals surface area contributed by atoms with Gasteiger partial charge in [0.05, 0.1) is 17.7 Å². The predicted octanol–water partition coefficient (Wildman–Crippen LogP) is 1.70. The Morgan fingerprint density at radius 1 is 1.47 bits per heavy atom. The molecule has 2 rings (SSSR count). The summed E-state index contributed by atoms with van der Waals surface area (Å²) in [6, 6.07) is 4.02. The molecule has 0 unspecified atom stereocenters. The molecule has 104 valence electrons. The van der Waals surface area contributed by atoms with E-state index in [4.69, 9.17) is 4.74 Å². The third-order valence-electron chi connectivity index (χ3n) is 3.31. The Bertz CT molecular complexity index is 475. The van der Waals surface area contributed by atoms with Crippen molar-refractivity contribution in [2.75, 3.05) is 19.8 Å². The average Bonchev–Trinajstić information content (AvgIpc) is 2.39. The minimum absolute atomic E-state index is 0.125. The monoisotopic (exact) mass is 379 g/mol. The molecule has 1 aliphatic heterocycles. The van der Waals surface area contributed by atoms with E-state index in [9.17, 15) is 14.3 Å². The topological polar surface area (TPSA) is 58.6 Å². The van der Waals surface area contributed by atoms with Crippen LogP contribution < -0.4 is 5.32 Å². The van der Waals surface area contributed by atoms with E-state index in [2.05, 4.69) is 5.32 Å². The number of rotatable bonds is 3. The van der Waals surface area contributed by atoms with Crippen molar-refractivity contribution in [1.82, 2.24) is 5.32 Å². The van der Waals surface area contributed by atoms with E-state index in [0.29, 0.717) is 35.2 Å². The van der Waals surface area contributed by atoms with Crippen molar-refractivity contribution < 1.29 is 19.0 Å². The van der Waals surface area contributed by atoms with Gasteiger partial charge in [0.25, 0.3) is 5.91 Å². The van der Waals surface area contributed by atoms with Gasteiger partial charge in [0.1, 0.15) is 5.82 Å². The second-order valence-electron chi connectivity index (χ2n) is 4.63. The predicted molar refractivity (Wildman–Crippen MR) is 76.5 cm³/mol. The molecule has 2 N–H and O–H groups in total. The highest BCUT2D eigenvalue weighted by molar-refractivity contribution is 14.1. The Kier molecular flexibility index (Phi) is 4.75. The fourth-order valence-corrected chi connectivity index (χ4v) is 2.79. The lowest BCUT2D eigenvalue weighted by Gasteiger charge is -2.36. The lowest BCUT2D eigenvalue weighted by molar-refractivity contribution is 0.0125. The number of benzene rings is 1. The SMILES string of the molecule is O=C(NC1(CO)CCOCC1)c1ccc(F)cc1I. The van der Waals surface area contributed by atoms with Crippen LogP contribution in [0.4, 0.5) is 4.39 Å². The normalized spacial score (nSPS) is 18.1. The van der Waals surface area contributed by atoms with Gasteiger partial charge in [-0.1, -0.05) is 0 Å². The fourth-order valence-electron chi connectivity index (χ4n) is 2.07. The van der Waals surface area contributed by atoms with Crippen molar-refractivity contribution in [3.8, 4) is 0 Å². The van der Waals surface area contributed by atoms with Gasteiger partial charge in [-0.15, -0.1) is 0 Å². The summed E-state index contributed by atoms with van der Waals surface area (Å²) in [5.74, 6) is -0.663. The standard InChI is InChI=1S/C13H15FINO3/c14-9-1-2-10(11(15)7-9)12(18)16-13(8-17)3-5-19-6-4-13/h1-2,7,17H,3-6,8H2,(H,16,18). The molecule has 1 aromatic rings. The molecule has 19 heavy (non-hydrogen) atoms. The van der Waals surface area contributed by atoms with Crippen LogP contribution in [-0.2, 0) is 4.74 Å². The van der Waals surface area contributed by atoms with E-state index in [1.807, 2.05) is 22.6 Å². The largest absolute Gasteiger partial charge is 0.394 e. The van der Waals surface area contributed by atoms with E-state index in [-0.39, 0.29) is 18.3 Å². The maximum atomic E-state index is 13.0. The summed E-state index contributed by atoms with van der Waals surface area (Å²) in [6.07, 6.45) is 1.15. The number of aliphatic hydroxyl groups is 1. The van der Waals surface area contributed by atoms with Crippen LogP contribution in [0.3, 0.4) is 0 Å². The van der Waals surface area contributed by atoms with Crippen molar-refractivity contribution in [2.24, 2.45) is 0 Å². The molecule has 1 fully saturated rings. The summed E-state index contributed by atoms with van der Waals surface area (Å²) >= 11 is 1.92. The first-order valence-electron chi connectivity index (χ1n) is 6.02. The van der Waals surface area contributed by atoms with E-state index in [1.165, 1.54) is 18.2 Å². The summed E-state index contributed by atoms with van der Waals surface area (Å²) in [5, 5.41) is 12.4. The summed E-state index contributed by atoms with van der Waals surface area (Å²) < 4.78 is 18.8. The Balaban J connectivity index is 2.15. The highest BCUT2D eigenvalue weighted by Gasteiger charge is 2.34. The zero-order valence-electron chi connectivity index (χ0n) is 10.3. The van der Waals surface area contributed by atoms with Gasteiger partial charge in [-0.05, 0) is 53.6 Å². The second kappa shape index (κ2) is 6.15. The van der Waals surface area contributed by atoms with Crippen LogP contribution in [0.15, 0.2) is 18.2 Å². The summed E-state index contributed by atoms with van der Waals surface area (Å²) in [7, 11) is 0. The molecular weight excluding hydrogens is 364 g/mol. The number of hydrogen-bond acceptors (Lipinski definition) is 3. The molecule has 0 spiro atoms. The lowest BCUT2D eigenvalue weighted by atomic mass is 9.90. The van der Waals surface area contributed by atoms with E-state index in [0.717, 1.165) is 0 Å². The minimum Gasteiger partial charge on any atom is -0.394 e. The van der Waals surface area contributed by atoms with Crippen molar-refractivity contribution in [3.63, 3.8) is 0 Å². The number of hydrogen-bond donors (Lipinski definition) is 2. The first kappa shape index (κ1) is 14.7. The summed E-state index contributed by atoms with van der Waals surface area (Å²) in [4.78, 5) is 12.2. The van der Waals surface area contributed by atoms with Gasteiger partial charge in [-0.3, -0.25) is 4.79 Å².